The first-order valence-corrected chi connectivity index (χ1v) is 6.95. The predicted octanol–water partition coefficient (Wildman–Crippen LogP) is 1.33. The molecule has 1 amide bonds. The second kappa shape index (κ2) is 5.31. The molecule has 2 unspecified atom stereocenters. The molecule has 19 heavy (non-hydrogen) atoms. The van der Waals surface area contributed by atoms with Crippen LogP contribution in [0.3, 0.4) is 0 Å². The first-order chi connectivity index (χ1) is 9.24. The van der Waals surface area contributed by atoms with Gasteiger partial charge in [0.05, 0.1) is 0 Å². The summed E-state index contributed by atoms with van der Waals surface area (Å²) in [5.74, 6) is 0.341. The van der Waals surface area contributed by atoms with E-state index >= 15 is 0 Å². The van der Waals surface area contributed by atoms with Crippen LogP contribution in [0.15, 0.2) is 18.2 Å². The fraction of sp³-hybridized carbons (Fsp3) is 0.533. The minimum Gasteiger partial charge on any atom is -0.368 e. The molecular weight excluding hydrogens is 240 g/mol. The summed E-state index contributed by atoms with van der Waals surface area (Å²) in [5, 5.41) is 6.30. The number of benzene rings is 1. The average Bonchev–Trinajstić information content (AvgIpc) is 3.03. The standard InChI is InChI=1S/C15H20N2O2/c1-10-4-5-19-14(10)15(18)17-7-11-2-3-12-8-16-9-13(12)6-11/h2-3,6,10,14,16H,4-5,7-9H2,1H3,(H,17,18). The molecule has 4 heteroatoms. The van der Waals surface area contributed by atoms with E-state index in [9.17, 15) is 4.79 Å². The average molecular weight is 260 g/mol. The fourth-order valence-corrected chi connectivity index (χ4v) is 2.78. The zero-order valence-corrected chi connectivity index (χ0v) is 11.2. The van der Waals surface area contributed by atoms with Gasteiger partial charge in [-0.15, -0.1) is 0 Å². The lowest BCUT2D eigenvalue weighted by Gasteiger charge is -2.14. The summed E-state index contributed by atoms with van der Waals surface area (Å²) in [6, 6.07) is 6.41. The first-order valence-electron chi connectivity index (χ1n) is 6.95. The van der Waals surface area contributed by atoms with E-state index in [0.29, 0.717) is 19.1 Å². The van der Waals surface area contributed by atoms with Gasteiger partial charge in [0.15, 0.2) is 0 Å². The summed E-state index contributed by atoms with van der Waals surface area (Å²) in [6.07, 6.45) is 0.707. The van der Waals surface area contributed by atoms with Crippen molar-refractivity contribution >= 4 is 5.91 Å². The highest BCUT2D eigenvalue weighted by Crippen LogP contribution is 2.20. The Kier molecular flexibility index (Phi) is 3.53. The third kappa shape index (κ3) is 2.65. The molecule has 102 valence electrons. The van der Waals surface area contributed by atoms with Gasteiger partial charge in [-0.05, 0) is 29.0 Å². The van der Waals surface area contributed by atoms with E-state index in [1.807, 2.05) is 0 Å². The number of hydrogen-bond acceptors (Lipinski definition) is 3. The maximum absolute atomic E-state index is 12.0. The smallest absolute Gasteiger partial charge is 0.249 e. The van der Waals surface area contributed by atoms with Gasteiger partial charge >= 0.3 is 0 Å². The maximum Gasteiger partial charge on any atom is 0.249 e. The van der Waals surface area contributed by atoms with E-state index in [2.05, 4.69) is 35.8 Å². The number of nitrogens with one attached hydrogen (secondary N) is 2. The molecule has 2 aliphatic heterocycles. The minimum atomic E-state index is -0.268. The molecule has 0 aliphatic carbocycles. The van der Waals surface area contributed by atoms with Crippen LogP contribution in [-0.2, 0) is 29.2 Å². The largest absolute Gasteiger partial charge is 0.368 e. The van der Waals surface area contributed by atoms with Gasteiger partial charge in [-0.2, -0.15) is 0 Å². The lowest BCUT2D eigenvalue weighted by Crippen LogP contribution is -2.36. The Morgan fingerprint density at radius 1 is 1.42 bits per heavy atom. The lowest BCUT2D eigenvalue weighted by atomic mass is 10.0. The maximum atomic E-state index is 12.0. The Labute approximate surface area is 113 Å². The van der Waals surface area contributed by atoms with Crippen molar-refractivity contribution in [2.45, 2.75) is 39.1 Å². The van der Waals surface area contributed by atoms with Crippen LogP contribution in [0, 0.1) is 5.92 Å². The lowest BCUT2D eigenvalue weighted by molar-refractivity contribution is -0.131. The summed E-state index contributed by atoms with van der Waals surface area (Å²) >= 11 is 0. The normalized spacial score (nSPS) is 25.3. The van der Waals surface area contributed by atoms with E-state index in [-0.39, 0.29) is 12.0 Å². The monoisotopic (exact) mass is 260 g/mol. The summed E-state index contributed by atoms with van der Waals surface area (Å²) in [6.45, 7) is 5.23. The van der Waals surface area contributed by atoms with Crippen molar-refractivity contribution in [2.75, 3.05) is 6.61 Å². The third-order valence-corrected chi connectivity index (χ3v) is 4.01. The Morgan fingerprint density at radius 3 is 3.05 bits per heavy atom. The molecule has 0 spiro atoms. The molecule has 4 nitrogen and oxygen atoms in total. The number of hydrogen-bond donors (Lipinski definition) is 2. The molecule has 1 saturated heterocycles. The van der Waals surface area contributed by atoms with E-state index < -0.39 is 0 Å². The molecule has 1 fully saturated rings. The van der Waals surface area contributed by atoms with Crippen LogP contribution in [0.25, 0.3) is 0 Å². The van der Waals surface area contributed by atoms with Crippen LogP contribution in [0.1, 0.15) is 30.0 Å². The van der Waals surface area contributed by atoms with E-state index in [4.69, 9.17) is 4.74 Å². The molecule has 0 bridgehead atoms. The fourth-order valence-electron chi connectivity index (χ4n) is 2.78. The highest BCUT2D eigenvalue weighted by atomic mass is 16.5. The predicted molar refractivity (Wildman–Crippen MR) is 72.4 cm³/mol. The molecule has 0 saturated carbocycles. The molecule has 2 N–H and O–H groups in total. The topological polar surface area (TPSA) is 50.4 Å². The van der Waals surface area contributed by atoms with Crippen molar-refractivity contribution in [1.82, 2.24) is 10.6 Å². The number of ether oxygens (including phenoxy) is 1. The highest BCUT2D eigenvalue weighted by Gasteiger charge is 2.30. The van der Waals surface area contributed by atoms with Crippen LogP contribution < -0.4 is 10.6 Å². The van der Waals surface area contributed by atoms with Gasteiger partial charge in [0, 0.05) is 26.2 Å². The summed E-state index contributed by atoms with van der Waals surface area (Å²) in [7, 11) is 0. The quantitative estimate of drug-likeness (QED) is 0.862. The van der Waals surface area contributed by atoms with Crippen LogP contribution in [0.5, 0.6) is 0 Å². The molecule has 1 aromatic rings. The Hall–Kier alpha value is -1.39. The second-order valence-electron chi connectivity index (χ2n) is 5.48. The number of amides is 1. The summed E-state index contributed by atoms with van der Waals surface area (Å²) in [5.41, 5.74) is 3.86. The molecular formula is C15H20N2O2. The molecule has 0 aromatic heterocycles. The van der Waals surface area contributed by atoms with E-state index in [1.165, 1.54) is 11.1 Å². The molecule has 2 atom stereocenters. The van der Waals surface area contributed by atoms with Gasteiger partial charge in [-0.1, -0.05) is 25.1 Å². The Balaban J connectivity index is 1.58. The van der Waals surface area contributed by atoms with Gasteiger partial charge in [0.25, 0.3) is 0 Å². The zero-order chi connectivity index (χ0) is 13.2. The number of fused-ring (bicyclic) bond motifs is 1. The SMILES string of the molecule is CC1CCOC1C(=O)NCc1ccc2c(c1)CNC2. The molecule has 3 rings (SSSR count). The van der Waals surface area contributed by atoms with Gasteiger partial charge in [0.1, 0.15) is 6.10 Å². The number of carbonyl (C=O) groups excluding carboxylic acids is 1. The van der Waals surface area contributed by atoms with Crippen LogP contribution >= 0.6 is 0 Å². The minimum absolute atomic E-state index is 0.0172. The van der Waals surface area contributed by atoms with Crippen LogP contribution in [-0.4, -0.2) is 18.6 Å². The van der Waals surface area contributed by atoms with Crippen molar-refractivity contribution in [3.8, 4) is 0 Å². The Morgan fingerprint density at radius 2 is 2.26 bits per heavy atom. The van der Waals surface area contributed by atoms with E-state index in [1.54, 1.807) is 0 Å². The van der Waals surface area contributed by atoms with Crippen molar-refractivity contribution in [1.29, 1.82) is 0 Å². The molecule has 0 radical (unpaired) electrons. The molecule has 2 aliphatic rings. The zero-order valence-electron chi connectivity index (χ0n) is 11.2. The van der Waals surface area contributed by atoms with Gasteiger partial charge < -0.3 is 15.4 Å². The second-order valence-corrected chi connectivity index (χ2v) is 5.48. The van der Waals surface area contributed by atoms with Crippen LogP contribution in [0.4, 0.5) is 0 Å². The first kappa shape index (κ1) is 12.6. The Bertz CT molecular complexity index is 487. The van der Waals surface area contributed by atoms with Gasteiger partial charge in [-0.25, -0.2) is 0 Å². The molecule has 2 heterocycles. The van der Waals surface area contributed by atoms with Crippen molar-refractivity contribution in [2.24, 2.45) is 5.92 Å². The molecule has 1 aromatic carbocycles. The number of carbonyl (C=O) groups is 1. The van der Waals surface area contributed by atoms with Crippen molar-refractivity contribution in [3.05, 3.63) is 34.9 Å². The number of rotatable bonds is 3. The summed E-state index contributed by atoms with van der Waals surface area (Å²) < 4.78 is 5.47. The highest BCUT2D eigenvalue weighted by molar-refractivity contribution is 5.81. The third-order valence-electron chi connectivity index (χ3n) is 4.01. The van der Waals surface area contributed by atoms with Crippen molar-refractivity contribution < 1.29 is 9.53 Å². The van der Waals surface area contributed by atoms with Gasteiger partial charge in [0.2, 0.25) is 5.91 Å². The van der Waals surface area contributed by atoms with E-state index in [0.717, 1.165) is 25.1 Å². The van der Waals surface area contributed by atoms with Crippen LogP contribution in [0.2, 0.25) is 0 Å². The van der Waals surface area contributed by atoms with Crippen molar-refractivity contribution in [3.63, 3.8) is 0 Å². The summed E-state index contributed by atoms with van der Waals surface area (Å²) in [4.78, 5) is 12.0. The van der Waals surface area contributed by atoms with Gasteiger partial charge in [-0.3, -0.25) is 4.79 Å².